The summed E-state index contributed by atoms with van der Waals surface area (Å²) >= 11 is 0. The van der Waals surface area contributed by atoms with E-state index < -0.39 is 0 Å². The van der Waals surface area contributed by atoms with Crippen LogP contribution in [0.5, 0.6) is 17.2 Å². The van der Waals surface area contributed by atoms with Crippen molar-refractivity contribution in [2.24, 2.45) is 4.99 Å². The zero-order chi connectivity index (χ0) is 22.8. The molecule has 0 atom stereocenters. The molecule has 172 valence electrons. The average Bonchev–Trinajstić information content (AvgIpc) is 3.64. The molecule has 1 aliphatic carbocycles. The third-order valence-electron chi connectivity index (χ3n) is 5.07. The topological polar surface area (TPSA) is 93.2 Å². The summed E-state index contributed by atoms with van der Waals surface area (Å²) in [5.74, 6) is 2.76. The zero-order valence-corrected chi connectivity index (χ0v) is 18.9. The van der Waals surface area contributed by atoms with Crippen molar-refractivity contribution < 1.29 is 19.0 Å². The number of hydrogen-bond donors (Lipinski definition) is 3. The monoisotopic (exact) mass is 440 g/mol. The predicted octanol–water partition coefficient (Wildman–Crippen LogP) is 2.27. The number of nitrogens with zero attached hydrogens (tertiary/aromatic N) is 1. The molecule has 0 radical (unpaired) electrons. The van der Waals surface area contributed by atoms with E-state index in [0.717, 1.165) is 37.3 Å². The van der Waals surface area contributed by atoms with Crippen molar-refractivity contribution in [1.29, 1.82) is 0 Å². The molecule has 2 aromatic carbocycles. The van der Waals surface area contributed by atoms with Gasteiger partial charge in [-0.15, -0.1) is 0 Å². The van der Waals surface area contributed by atoms with Crippen LogP contribution in [-0.4, -0.2) is 52.3 Å². The predicted molar refractivity (Wildman–Crippen MR) is 125 cm³/mol. The van der Waals surface area contributed by atoms with E-state index >= 15 is 0 Å². The summed E-state index contributed by atoms with van der Waals surface area (Å²) in [5, 5.41) is 9.53. The standard InChI is InChI=1S/C24H32N4O4/c1-25-24(27-15-18-6-11-21(30-2)22(14-18)31-3)26-13-12-17-4-9-20(10-5-17)32-16-23(29)28-19-7-8-19/h4-6,9-11,14,19H,7-8,12-13,15-16H2,1-3H3,(H,28,29)(H2,25,26,27). The zero-order valence-electron chi connectivity index (χ0n) is 18.9. The molecule has 1 aliphatic rings. The third kappa shape index (κ3) is 7.37. The molecule has 2 aromatic rings. The molecule has 0 heterocycles. The second kappa shape index (κ2) is 11.8. The molecule has 8 heteroatoms. The van der Waals surface area contributed by atoms with Gasteiger partial charge >= 0.3 is 0 Å². The lowest BCUT2D eigenvalue weighted by Gasteiger charge is -2.14. The molecule has 0 bridgehead atoms. The van der Waals surface area contributed by atoms with Crippen LogP contribution in [0.4, 0.5) is 0 Å². The Kier molecular flexibility index (Phi) is 8.60. The molecule has 32 heavy (non-hydrogen) atoms. The largest absolute Gasteiger partial charge is 0.493 e. The molecule has 1 amide bonds. The SMILES string of the molecule is CN=C(NCCc1ccc(OCC(=O)NC2CC2)cc1)NCc1ccc(OC)c(OC)c1. The smallest absolute Gasteiger partial charge is 0.258 e. The minimum atomic E-state index is -0.0623. The van der Waals surface area contributed by atoms with Crippen LogP contribution >= 0.6 is 0 Å². The number of nitrogens with one attached hydrogen (secondary N) is 3. The Bertz CT molecular complexity index is 911. The molecule has 0 aromatic heterocycles. The van der Waals surface area contributed by atoms with E-state index in [4.69, 9.17) is 14.2 Å². The van der Waals surface area contributed by atoms with Crippen molar-refractivity contribution in [2.45, 2.75) is 31.8 Å². The van der Waals surface area contributed by atoms with Crippen molar-refractivity contribution in [2.75, 3.05) is 34.4 Å². The van der Waals surface area contributed by atoms with Gasteiger partial charge in [0.15, 0.2) is 24.1 Å². The second-order valence-corrected chi connectivity index (χ2v) is 7.57. The Balaban J connectivity index is 1.38. The highest BCUT2D eigenvalue weighted by atomic mass is 16.5. The van der Waals surface area contributed by atoms with Gasteiger partial charge in [-0.25, -0.2) is 0 Å². The Hall–Kier alpha value is -3.42. The van der Waals surface area contributed by atoms with Gasteiger partial charge in [0.05, 0.1) is 14.2 Å². The van der Waals surface area contributed by atoms with Gasteiger partial charge in [0.2, 0.25) is 0 Å². The van der Waals surface area contributed by atoms with Gasteiger partial charge < -0.3 is 30.2 Å². The van der Waals surface area contributed by atoms with Crippen LogP contribution in [0.15, 0.2) is 47.5 Å². The number of methoxy groups -OCH3 is 2. The average molecular weight is 441 g/mol. The molecule has 8 nitrogen and oxygen atoms in total. The minimum absolute atomic E-state index is 0.0550. The lowest BCUT2D eigenvalue weighted by Crippen LogP contribution is -2.37. The Morgan fingerprint density at radius 3 is 2.38 bits per heavy atom. The van der Waals surface area contributed by atoms with Crippen LogP contribution in [0.1, 0.15) is 24.0 Å². The van der Waals surface area contributed by atoms with Crippen LogP contribution in [0.3, 0.4) is 0 Å². The number of benzene rings is 2. The summed E-state index contributed by atoms with van der Waals surface area (Å²) in [5.41, 5.74) is 2.23. The molecule has 0 spiro atoms. The summed E-state index contributed by atoms with van der Waals surface area (Å²) in [6.07, 6.45) is 2.98. The van der Waals surface area contributed by atoms with E-state index in [2.05, 4.69) is 20.9 Å². The van der Waals surface area contributed by atoms with Crippen molar-refractivity contribution in [1.82, 2.24) is 16.0 Å². The molecule has 3 rings (SSSR count). The van der Waals surface area contributed by atoms with Crippen LogP contribution in [0.2, 0.25) is 0 Å². The van der Waals surface area contributed by atoms with Crippen molar-refractivity contribution >= 4 is 11.9 Å². The number of hydrogen-bond acceptors (Lipinski definition) is 5. The first-order chi connectivity index (χ1) is 15.6. The maximum absolute atomic E-state index is 11.7. The normalized spacial score (nSPS) is 13.3. The maximum atomic E-state index is 11.7. The number of amides is 1. The van der Waals surface area contributed by atoms with Gasteiger partial charge in [-0.05, 0) is 54.7 Å². The number of carbonyl (C=O) groups is 1. The fourth-order valence-corrected chi connectivity index (χ4v) is 3.12. The fraction of sp³-hybridized carbons (Fsp3) is 0.417. The Labute approximate surface area is 189 Å². The van der Waals surface area contributed by atoms with E-state index in [1.807, 2.05) is 42.5 Å². The first kappa shape index (κ1) is 23.2. The highest BCUT2D eigenvalue weighted by Gasteiger charge is 2.23. The van der Waals surface area contributed by atoms with Crippen LogP contribution < -0.4 is 30.2 Å². The van der Waals surface area contributed by atoms with Gasteiger partial charge in [0, 0.05) is 26.2 Å². The fourth-order valence-electron chi connectivity index (χ4n) is 3.12. The summed E-state index contributed by atoms with van der Waals surface area (Å²) in [6, 6.07) is 14.0. The van der Waals surface area contributed by atoms with E-state index in [0.29, 0.717) is 29.8 Å². The van der Waals surface area contributed by atoms with Crippen LogP contribution in [0.25, 0.3) is 0 Å². The molecule has 0 saturated heterocycles. The molecule has 1 saturated carbocycles. The van der Waals surface area contributed by atoms with E-state index in [9.17, 15) is 4.79 Å². The van der Waals surface area contributed by atoms with Crippen LogP contribution in [0, 0.1) is 0 Å². The third-order valence-corrected chi connectivity index (χ3v) is 5.07. The maximum Gasteiger partial charge on any atom is 0.258 e. The number of aliphatic imine (C=N–C) groups is 1. The number of ether oxygens (including phenoxy) is 3. The molecule has 3 N–H and O–H groups in total. The molecule has 0 aliphatic heterocycles. The highest BCUT2D eigenvalue weighted by Crippen LogP contribution is 2.27. The molecule has 1 fully saturated rings. The summed E-state index contributed by atoms with van der Waals surface area (Å²) in [4.78, 5) is 16.0. The van der Waals surface area contributed by atoms with Gasteiger partial charge in [-0.2, -0.15) is 0 Å². The molecular weight excluding hydrogens is 408 g/mol. The highest BCUT2D eigenvalue weighted by molar-refractivity contribution is 5.79. The van der Waals surface area contributed by atoms with Gasteiger partial charge in [-0.3, -0.25) is 9.79 Å². The first-order valence-electron chi connectivity index (χ1n) is 10.8. The summed E-state index contributed by atoms with van der Waals surface area (Å²) < 4.78 is 16.2. The Morgan fingerprint density at radius 2 is 1.72 bits per heavy atom. The van der Waals surface area contributed by atoms with E-state index in [-0.39, 0.29) is 12.5 Å². The lowest BCUT2D eigenvalue weighted by atomic mass is 10.1. The number of rotatable bonds is 11. The van der Waals surface area contributed by atoms with Gasteiger partial charge in [0.25, 0.3) is 5.91 Å². The van der Waals surface area contributed by atoms with Crippen molar-refractivity contribution in [3.8, 4) is 17.2 Å². The van der Waals surface area contributed by atoms with Crippen LogP contribution in [-0.2, 0) is 17.8 Å². The number of guanidine groups is 1. The quantitative estimate of drug-likeness (QED) is 0.367. The Morgan fingerprint density at radius 1 is 1.00 bits per heavy atom. The molecular formula is C24H32N4O4. The summed E-state index contributed by atoms with van der Waals surface area (Å²) in [6.45, 7) is 1.40. The molecule has 0 unspecified atom stereocenters. The number of carbonyl (C=O) groups excluding carboxylic acids is 1. The van der Waals surface area contributed by atoms with Crippen molar-refractivity contribution in [3.05, 3.63) is 53.6 Å². The van der Waals surface area contributed by atoms with Crippen molar-refractivity contribution in [3.63, 3.8) is 0 Å². The van der Waals surface area contributed by atoms with Gasteiger partial charge in [0.1, 0.15) is 5.75 Å². The van der Waals surface area contributed by atoms with E-state index in [1.165, 1.54) is 5.56 Å². The van der Waals surface area contributed by atoms with Gasteiger partial charge in [-0.1, -0.05) is 18.2 Å². The summed E-state index contributed by atoms with van der Waals surface area (Å²) in [7, 11) is 4.99. The second-order valence-electron chi connectivity index (χ2n) is 7.57. The first-order valence-corrected chi connectivity index (χ1v) is 10.8. The van der Waals surface area contributed by atoms with E-state index in [1.54, 1.807) is 21.3 Å². The minimum Gasteiger partial charge on any atom is -0.493 e. The lowest BCUT2D eigenvalue weighted by molar-refractivity contribution is -0.123.